The molecule has 2 heterocycles. The van der Waals surface area contributed by atoms with Crippen molar-refractivity contribution in [3.8, 4) is 0 Å². The topological polar surface area (TPSA) is 55.6 Å². The number of hydrogen-bond acceptors (Lipinski definition) is 4. The van der Waals surface area contributed by atoms with Crippen molar-refractivity contribution < 1.29 is 0 Å². The lowest BCUT2D eigenvalue weighted by Crippen LogP contribution is -2.36. The summed E-state index contributed by atoms with van der Waals surface area (Å²) in [7, 11) is 1.87. The molecule has 0 aliphatic carbocycles. The first kappa shape index (κ1) is 12.7. The maximum atomic E-state index is 4.33. The predicted molar refractivity (Wildman–Crippen MR) is 69.8 cm³/mol. The number of hydrogen-bond donors (Lipinski definition) is 1. The fourth-order valence-corrected chi connectivity index (χ4v) is 1.73. The summed E-state index contributed by atoms with van der Waals surface area (Å²) >= 11 is 0. The third-order valence-corrected chi connectivity index (χ3v) is 2.99. The van der Waals surface area contributed by atoms with Crippen LogP contribution in [0.2, 0.25) is 0 Å². The number of pyridine rings is 1. The zero-order valence-electron chi connectivity index (χ0n) is 11.3. The molecule has 1 N–H and O–H groups in total. The van der Waals surface area contributed by atoms with Gasteiger partial charge in [-0.05, 0) is 32.4 Å². The van der Waals surface area contributed by atoms with Crippen LogP contribution in [-0.4, -0.2) is 20.0 Å². The van der Waals surface area contributed by atoms with Crippen LogP contribution < -0.4 is 5.32 Å². The maximum absolute atomic E-state index is 4.33. The van der Waals surface area contributed by atoms with Crippen molar-refractivity contribution in [3.63, 3.8) is 0 Å². The number of rotatable bonds is 4. The summed E-state index contributed by atoms with van der Waals surface area (Å²) in [5, 5.41) is 11.4. The van der Waals surface area contributed by atoms with Gasteiger partial charge in [-0.3, -0.25) is 9.67 Å². The highest BCUT2D eigenvalue weighted by atomic mass is 15.4. The third kappa shape index (κ3) is 2.92. The van der Waals surface area contributed by atoms with Crippen molar-refractivity contribution in [3.05, 3.63) is 41.5 Å². The summed E-state index contributed by atoms with van der Waals surface area (Å²) in [6.45, 7) is 6.95. The quantitative estimate of drug-likeness (QED) is 0.887. The van der Waals surface area contributed by atoms with Gasteiger partial charge >= 0.3 is 0 Å². The van der Waals surface area contributed by atoms with Crippen LogP contribution in [-0.2, 0) is 19.1 Å². The summed E-state index contributed by atoms with van der Waals surface area (Å²) in [5.74, 6) is 0. The molecule has 0 fully saturated rings. The third-order valence-electron chi connectivity index (χ3n) is 2.99. The van der Waals surface area contributed by atoms with E-state index >= 15 is 0 Å². The molecule has 0 spiro atoms. The van der Waals surface area contributed by atoms with E-state index in [1.165, 1.54) is 0 Å². The zero-order valence-corrected chi connectivity index (χ0v) is 11.3. The minimum absolute atomic E-state index is 0.141. The lowest BCUT2D eigenvalue weighted by molar-refractivity contribution is 0.397. The van der Waals surface area contributed by atoms with Crippen LogP contribution in [0.3, 0.4) is 0 Å². The highest BCUT2D eigenvalue weighted by Gasteiger charge is 2.20. The molecule has 2 rings (SSSR count). The van der Waals surface area contributed by atoms with Crippen LogP contribution in [0, 0.1) is 6.92 Å². The van der Waals surface area contributed by atoms with E-state index in [4.69, 9.17) is 0 Å². The number of aromatic nitrogens is 4. The fraction of sp³-hybridized carbons (Fsp3) is 0.462. The molecule has 0 atom stereocenters. The number of nitrogens with zero attached hydrogens (tertiary/aromatic N) is 4. The Bertz CT molecular complexity index is 512. The van der Waals surface area contributed by atoms with Gasteiger partial charge in [0, 0.05) is 37.2 Å². The molecule has 0 saturated heterocycles. The van der Waals surface area contributed by atoms with E-state index in [0.717, 1.165) is 17.0 Å². The largest absolute Gasteiger partial charge is 0.302 e. The van der Waals surface area contributed by atoms with Gasteiger partial charge < -0.3 is 5.32 Å². The van der Waals surface area contributed by atoms with E-state index in [2.05, 4.69) is 40.5 Å². The maximum Gasteiger partial charge on any atom is 0.0964 e. The Morgan fingerprint density at radius 3 is 2.67 bits per heavy atom. The van der Waals surface area contributed by atoms with Gasteiger partial charge in [-0.1, -0.05) is 11.3 Å². The standard InChI is InChI=1S/C13H19N5/c1-10-5-6-11(7-14-10)13(2,3)15-8-12-9-18(4)17-16-12/h5-7,9,15H,8H2,1-4H3. The second-order valence-electron chi connectivity index (χ2n) is 5.05. The smallest absolute Gasteiger partial charge is 0.0964 e. The summed E-state index contributed by atoms with van der Waals surface area (Å²) in [6, 6.07) is 4.13. The van der Waals surface area contributed by atoms with Crippen molar-refractivity contribution in [2.45, 2.75) is 32.9 Å². The molecule has 0 bridgehead atoms. The van der Waals surface area contributed by atoms with E-state index in [1.54, 1.807) is 4.68 Å². The fourth-order valence-electron chi connectivity index (χ4n) is 1.73. The Morgan fingerprint density at radius 1 is 1.33 bits per heavy atom. The summed E-state index contributed by atoms with van der Waals surface area (Å²) < 4.78 is 1.71. The zero-order chi connectivity index (χ0) is 13.2. The van der Waals surface area contributed by atoms with Crippen LogP contribution in [0.25, 0.3) is 0 Å². The molecule has 2 aromatic heterocycles. The van der Waals surface area contributed by atoms with Gasteiger partial charge in [0.25, 0.3) is 0 Å². The minimum atomic E-state index is -0.141. The highest BCUT2D eigenvalue weighted by molar-refractivity contribution is 5.21. The van der Waals surface area contributed by atoms with Crippen molar-refractivity contribution in [2.75, 3.05) is 0 Å². The second kappa shape index (κ2) is 4.86. The van der Waals surface area contributed by atoms with Crippen LogP contribution >= 0.6 is 0 Å². The SMILES string of the molecule is Cc1ccc(C(C)(C)NCc2cn(C)nn2)cn1. The lowest BCUT2D eigenvalue weighted by Gasteiger charge is -2.26. The lowest BCUT2D eigenvalue weighted by atomic mass is 9.95. The highest BCUT2D eigenvalue weighted by Crippen LogP contribution is 2.19. The predicted octanol–water partition coefficient (Wildman–Crippen LogP) is 1.54. The van der Waals surface area contributed by atoms with Crippen LogP contribution in [0.4, 0.5) is 0 Å². The van der Waals surface area contributed by atoms with E-state index in [1.807, 2.05) is 32.4 Å². The van der Waals surface area contributed by atoms with Crippen LogP contribution in [0.5, 0.6) is 0 Å². The van der Waals surface area contributed by atoms with E-state index < -0.39 is 0 Å². The molecule has 5 nitrogen and oxygen atoms in total. The van der Waals surface area contributed by atoms with E-state index in [-0.39, 0.29) is 5.54 Å². The first-order valence-electron chi connectivity index (χ1n) is 6.01. The van der Waals surface area contributed by atoms with Gasteiger partial charge in [0.2, 0.25) is 0 Å². The van der Waals surface area contributed by atoms with E-state index in [0.29, 0.717) is 6.54 Å². The Kier molecular flexibility index (Phi) is 3.43. The van der Waals surface area contributed by atoms with E-state index in [9.17, 15) is 0 Å². The molecule has 0 amide bonds. The second-order valence-corrected chi connectivity index (χ2v) is 5.05. The molecule has 5 heteroatoms. The number of nitrogens with one attached hydrogen (secondary N) is 1. The Labute approximate surface area is 107 Å². The molecule has 0 aliphatic rings. The van der Waals surface area contributed by atoms with Crippen molar-refractivity contribution in [2.24, 2.45) is 7.05 Å². The summed E-state index contributed by atoms with van der Waals surface area (Å²) in [4.78, 5) is 4.33. The monoisotopic (exact) mass is 245 g/mol. The van der Waals surface area contributed by atoms with Gasteiger partial charge in [-0.15, -0.1) is 5.10 Å². The Balaban J connectivity index is 2.04. The molecule has 0 aromatic carbocycles. The van der Waals surface area contributed by atoms with Crippen molar-refractivity contribution >= 4 is 0 Å². The van der Waals surface area contributed by atoms with Crippen molar-refractivity contribution in [1.82, 2.24) is 25.3 Å². The summed E-state index contributed by atoms with van der Waals surface area (Å²) in [6.07, 6.45) is 3.83. The molecule has 0 unspecified atom stereocenters. The molecular weight excluding hydrogens is 226 g/mol. The van der Waals surface area contributed by atoms with Gasteiger partial charge in [-0.2, -0.15) is 0 Å². The molecular formula is C13H19N5. The van der Waals surface area contributed by atoms with Crippen molar-refractivity contribution in [1.29, 1.82) is 0 Å². The molecule has 0 saturated carbocycles. The minimum Gasteiger partial charge on any atom is -0.302 e. The van der Waals surface area contributed by atoms with Gasteiger partial charge in [0.15, 0.2) is 0 Å². The summed E-state index contributed by atoms with van der Waals surface area (Å²) in [5.41, 5.74) is 2.99. The first-order chi connectivity index (χ1) is 8.47. The van der Waals surface area contributed by atoms with Gasteiger partial charge in [0.1, 0.15) is 0 Å². The molecule has 96 valence electrons. The first-order valence-corrected chi connectivity index (χ1v) is 6.01. The Hall–Kier alpha value is -1.75. The Morgan fingerprint density at radius 2 is 2.11 bits per heavy atom. The normalized spacial score (nSPS) is 11.8. The van der Waals surface area contributed by atoms with Gasteiger partial charge in [0.05, 0.1) is 5.69 Å². The molecule has 0 aliphatic heterocycles. The molecule has 18 heavy (non-hydrogen) atoms. The van der Waals surface area contributed by atoms with Gasteiger partial charge in [-0.25, -0.2) is 0 Å². The molecule has 2 aromatic rings. The average Bonchev–Trinajstić information content (AvgIpc) is 2.73. The molecule has 0 radical (unpaired) electrons. The number of aryl methyl sites for hydroxylation is 2. The van der Waals surface area contributed by atoms with Crippen LogP contribution in [0.15, 0.2) is 24.5 Å². The van der Waals surface area contributed by atoms with Crippen LogP contribution in [0.1, 0.15) is 30.8 Å². The average molecular weight is 245 g/mol.